The van der Waals surface area contributed by atoms with Gasteiger partial charge < -0.3 is 0 Å². The Morgan fingerprint density at radius 1 is 1.05 bits per heavy atom. The molecule has 1 aliphatic carbocycles. The molecule has 0 N–H and O–H groups in total. The van der Waals surface area contributed by atoms with Gasteiger partial charge in [0.25, 0.3) is 0 Å². The summed E-state index contributed by atoms with van der Waals surface area (Å²) in [5.74, 6) is 3.97. The second-order valence-corrected chi connectivity index (χ2v) is 9.18. The lowest BCUT2D eigenvalue weighted by molar-refractivity contribution is 0.110. The van der Waals surface area contributed by atoms with Crippen LogP contribution in [0.2, 0.25) is 0 Å². The molecular formula is C21H39N. The number of hydrogen-bond donors (Lipinski definition) is 0. The molecule has 0 spiro atoms. The van der Waals surface area contributed by atoms with Crippen LogP contribution in [0.15, 0.2) is 0 Å². The average molecular weight is 306 g/mol. The minimum Gasteiger partial charge on any atom is -0.198 e. The molecule has 1 saturated carbocycles. The van der Waals surface area contributed by atoms with E-state index < -0.39 is 0 Å². The maximum absolute atomic E-state index is 9.37. The normalized spacial score (nSPS) is 35.4. The van der Waals surface area contributed by atoms with Crippen LogP contribution in [0.5, 0.6) is 0 Å². The molecule has 0 heterocycles. The maximum atomic E-state index is 9.37. The largest absolute Gasteiger partial charge is 0.198 e. The Labute approximate surface area is 139 Å². The van der Waals surface area contributed by atoms with Gasteiger partial charge in [-0.2, -0.15) is 5.26 Å². The number of nitrogens with zero attached hydrogens (tertiary/aromatic N) is 1. The van der Waals surface area contributed by atoms with Crippen LogP contribution in [0.1, 0.15) is 87.0 Å². The highest BCUT2D eigenvalue weighted by Gasteiger charge is 2.35. The van der Waals surface area contributed by atoms with Crippen molar-refractivity contribution < 1.29 is 0 Å². The van der Waals surface area contributed by atoms with Gasteiger partial charge >= 0.3 is 0 Å². The van der Waals surface area contributed by atoms with E-state index in [-0.39, 0.29) is 5.92 Å². The Morgan fingerprint density at radius 2 is 1.64 bits per heavy atom. The van der Waals surface area contributed by atoms with Crippen molar-refractivity contribution in [1.82, 2.24) is 0 Å². The summed E-state index contributed by atoms with van der Waals surface area (Å²) in [6, 6.07) is 2.52. The minimum absolute atomic E-state index is 0.200. The first kappa shape index (κ1) is 19.5. The average Bonchev–Trinajstić information content (AvgIpc) is 2.46. The topological polar surface area (TPSA) is 23.8 Å². The molecule has 1 rings (SSSR count). The molecule has 5 atom stereocenters. The molecule has 0 amide bonds. The molecule has 1 aliphatic rings. The second kappa shape index (κ2) is 8.37. The van der Waals surface area contributed by atoms with E-state index in [4.69, 9.17) is 0 Å². The summed E-state index contributed by atoms with van der Waals surface area (Å²) in [5, 5.41) is 9.37. The summed E-state index contributed by atoms with van der Waals surface area (Å²) in [7, 11) is 0. The van der Waals surface area contributed by atoms with Gasteiger partial charge in [-0.1, -0.05) is 60.8 Å². The van der Waals surface area contributed by atoms with Crippen molar-refractivity contribution in [3.63, 3.8) is 0 Å². The van der Waals surface area contributed by atoms with E-state index in [1.165, 1.54) is 38.5 Å². The Kier molecular flexibility index (Phi) is 7.43. The van der Waals surface area contributed by atoms with E-state index in [0.29, 0.717) is 11.3 Å². The highest BCUT2D eigenvalue weighted by atomic mass is 14.4. The quantitative estimate of drug-likeness (QED) is 0.557. The predicted molar refractivity (Wildman–Crippen MR) is 96.4 cm³/mol. The molecule has 0 aromatic rings. The van der Waals surface area contributed by atoms with E-state index in [9.17, 15) is 5.26 Å². The molecule has 1 heteroatoms. The Hall–Kier alpha value is -0.510. The van der Waals surface area contributed by atoms with Crippen molar-refractivity contribution in [2.24, 2.45) is 40.9 Å². The third-order valence-corrected chi connectivity index (χ3v) is 6.73. The van der Waals surface area contributed by atoms with Gasteiger partial charge in [0.2, 0.25) is 0 Å². The zero-order chi connectivity index (χ0) is 16.9. The van der Waals surface area contributed by atoms with Crippen molar-refractivity contribution in [1.29, 1.82) is 5.26 Å². The van der Waals surface area contributed by atoms with Crippen LogP contribution in [0, 0.1) is 52.3 Å². The molecule has 0 bridgehead atoms. The molecular weight excluding hydrogens is 266 g/mol. The van der Waals surface area contributed by atoms with Gasteiger partial charge in [0, 0.05) is 5.92 Å². The lowest BCUT2D eigenvalue weighted by Crippen LogP contribution is -2.30. The second-order valence-electron chi connectivity index (χ2n) is 9.18. The van der Waals surface area contributed by atoms with Gasteiger partial charge in [-0.3, -0.25) is 0 Å². The first-order valence-corrected chi connectivity index (χ1v) is 9.58. The summed E-state index contributed by atoms with van der Waals surface area (Å²) in [4.78, 5) is 0. The number of hydrogen-bond acceptors (Lipinski definition) is 1. The molecule has 1 fully saturated rings. The van der Waals surface area contributed by atoms with Crippen molar-refractivity contribution in [2.45, 2.75) is 87.0 Å². The van der Waals surface area contributed by atoms with Crippen molar-refractivity contribution in [3.8, 4) is 6.07 Å². The summed E-state index contributed by atoms with van der Waals surface area (Å²) in [6.45, 7) is 16.7. The molecule has 5 unspecified atom stereocenters. The van der Waals surface area contributed by atoms with Crippen molar-refractivity contribution in [3.05, 3.63) is 0 Å². The Morgan fingerprint density at radius 3 is 2.18 bits per heavy atom. The third kappa shape index (κ3) is 5.29. The smallest absolute Gasteiger partial charge is 0.0655 e. The van der Waals surface area contributed by atoms with Crippen LogP contribution in [-0.2, 0) is 0 Å². The van der Waals surface area contributed by atoms with Gasteiger partial charge in [-0.25, -0.2) is 0 Å². The number of nitriles is 1. The van der Waals surface area contributed by atoms with E-state index in [1.54, 1.807) is 0 Å². The lowest BCUT2D eigenvalue weighted by atomic mass is 9.66. The summed E-state index contributed by atoms with van der Waals surface area (Å²) >= 11 is 0. The SMILES string of the molecule is CC(C)C1CC(C)C(C)(C)CC(C(C)C#N)CCCCC1C. The summed E-state index contributed by atoms with van der Waals surface area (Å²) < 4.78 is 0. The fraction of sp³-hybridized carbons (Fsp3) is 0.952. The van der Waals surface area contributed by atoms with Crippen LogP contribution in [0.3, 0.4) is 0 Å². The summed E-state index contributed by atoms with van der Waals surface area (Å²) in [6.07, 6.45) is 7.80. The first-order valence-electron chi connectivity index (χ1n) is 9.58. The highest BCUT2D eigenvalue weighted by molar-refractivity contribution is 4.90. The van der Waals surface area contributed by atoms with Gasteiger partial charge in [0.1, 0.15) is 0 Å². The molecule has 128 valence electrons. The molecule has 0 aromatic heterocycles. The predicted octanol–water partition coefficient (Wildman–Crippen LogP) is 6.69. The van der Waals surface area contributed by atoms with Gasteiger partial charge in [-0.15, -0.1) is 0 Å². The van der Waals surface area contributed by atoms with Crippen molar-refractivity contribution in [2.75, 3.05) is 0 Å². The molecule has 0 saturated heterocycles. The van der Waals surface area contributed by atoms with Gasteiger partial charge in [-0.05, 0) is 61.2 Å². The van der Waals surface area contributed by atoms with Crippen molar-refractivity contribution >= 4 is 0 Å². The zero-order valence-electron chi connectivity index (χ0n) is 16.2. The lowest BCUT2D eigenvalue weighted by Gasteiger charge is -2.39. The molecule has 0 aliphatic heterocycles. The standard InChI is InChI=1S/C21H39N/c1-15(2)20-12-18(5)21(6,7)13-19(17(4)14-22)11-9-8-10-16(20)3/h15-20H,8-13H2,1-7H3. The monoisotopic (exact) mass is 305 g/mol. The van der Waals surface area contributed by atoms with E-state index >= 15 is 0 Å². The van der Waals surface area contributed by atoms with Crippen LogP contribution in [0.25, 0.3) is 0 Å². The van der Waals surface area contributed by atoms with Crippen LogP contribution in [-0.4, -0.2) is 0 Å². The first-order chi connectivity index (χ1) is 10.2. The molecule has 1 nitrogen and oxygen atoms in total. The van der Waals surface area contributed by atoms with E-state index in [1.807, 2.05) is 0 Å². The minimum atomic E-state index is 0.200. The third-order valence-electron chi connectivity index (χ3n) is 6.73. The van der Waals surface area contributed by atoms with Gasteiger partial charge in [0.15, 0.2) is 0 Å². The fourth-order valence-electron chi connectivity index (χ4n) is 4.49. The molecule has 0 radical (unpaired) electrons. The van der Waals surface area contributed by atoms with E-state index in [2.05, 4.69) is 54.5 Å². The molecule has 22 heavy (non-hydrogen) atoms. The summed E-state index contributed by atoms with van der Waals surface area (Å²) in [5.41, 5.74) is 0.340. The van der Waals surface area contributed by atoms with Crippen LogP contribution < -0.4 is 0 Å². The van der Waals surface area contributed by atoms with Crippen LogP contribution >= 0.6 is 0 Å². The molecule has 0 aromatic carbocycles. The Bertz CT molecular complexity index is 363. The highest BCUT2D eigenvalue weighted by Crippen LogP contribution is 2.44. The van der Waals surface area contributed by atoms with E-state index in [0.717, 1.165) is 23.7 Å². The number of rotatable bonds is 2. The fourth-order valence-corrected chi connectivity index (χ4v) is 4.49. The zero-order valence-corrected chi connectivity index (χ0v) is 16.2. The van der Waals surface area contributed by atoms with Gasteiger partial charge in [0.05, 0.1) is 6.07 Å². The Balaban J connectivity index is 2.96. The van der Waals surface area contributed by atoms with Crippen LogP contribution in [0.4, 0.5) is 0 Å². The maximum Gasteiger partial charge on any atom is 0.0655 e.